The van der Waals surface area contributed by atoms with Gasteiger partial charge >= 0.3 is 6.36 Å². The first-order chi connectivity index (χ1) is 15.4. The van der Waals surface area contributed by atoms with Gasteiger partial charge in [0, 0.05) is 23.7 Å². The Kier molecular flexibility index (Phi) is 6.79. The van der Waals surface area contributed by atoms with Gasteiger partial charge in [0.15, 0.2) is 29.1 Å². The van der Waals surface area contributed by atoms with E-state index in [1.807, 2.05) is 5.43 Å². The molecule has 0 amide bonds. The molecule has 13 heteroatoms. The molecule has 33 heavy (non-hydrogen) atoms. The molecule has 2 aromatic carbocycles. The van der Waals surface area contributed by atoms with Crippen LogP contribution >= 0.6 is 0 Å². The number of aromatic nitrogens is 2. The Morgan fingerprint density at radius 1 is 0.879 bits per heavy atom. The molecule has 0 aliphatic carbocycles. The van der Waals surface area contributed by atoms with Crippen molar-refractivity contribution in [1.82, 2.24) is 9.97 Å². The molecule has 0 bridgehead atoms. The summed E-state index contributed by atoms with van der Waals surface area (Å²) in [5, 5.41) is 2.88. The third kappa shape index (κ3) is 6.14. The Hall–Kier alpha value is -3.77. The Morgan fingerprint density at radius 3 is 2.15 bits per heavy atom. The summed E-state index contributed by atoms with van der Waals surface area (Å²) in [6.45, 7) is 3.53. The summed E-state index contributed by atoms with van der Waals surface area (Å²) >= 11 is 0. The molecule has 0 aliphatic rings. The molecule has 1 heterocycles. The molecular weight excluding hydrogens is 459 g/mol. The third-order valence-electron chi connectivity index (χ3n) is 3.93. The lowest BCUT2D eigenvalue weighted by Crippen LogP contribution is -2.18. The standard InChI is InChI=1S/C20H16F7N5O/c1-9(2)28-19-29-14(10-4-3-5-11(6-10)33-20(25,26)27)8-15(30-19)31-32-18-16(23)12(21)7-13(22)17(18)24/h3-9,32H,1-2H3,(H2,28,29,30,31). The zero-order valence-corrected chi connectivity index (χ0v) is 17.0. The second-order valence-corrected chi connectivity index (χ2v) is 6.93. The minimum atomic E-state index is -4.90. The van der Waals surface area contributed by atoms with Crippen molar-refractivity contribution in [3.63, 3.8) is 0 Å². The number of hydrazine groups is 1. The Labute approximate surface area is 182 Å². The highest BCUT2D eigenvalue weighted by atomic mass is 19.4. The number of nitrogens with one attached hydrogen (secondary N) is 3. The highest BCUT2D eigenvalue weighted by molar-refractivity contribution is 5.66. The van der Waals surface area contributed by atoms with Crippen molar-refractivity contribution in [3.8, 4) is 17.0 Å². The van der Waals surface area contributed by atoms with Crippen molar-refractivity contribution in [2.24, 2.45) is 0 Å². The SMILES string of the molecule is CC(C)Nc1nc(NNc2c(F)c(F)cc(F)c2F)cc(-c2cccc(OC(F)(F)F)c2)n1. The molecule has 0 atom stereocenters. The number of benzene rings is 2. The first kappa shape index (κ1) is 23.9. The summed E-state index contributed by atoms with van der Waals surface area (Å²) in [6.07, 6.45) is -4.90. The normalized spacial score (nSPS) is 11.5. The van der Waals surface area contributed by atoms with Crippen LogP contribution in [0.2, 0.25) is 0 Å². The number of hydrogen-bond donors (Lipinski definition) is 3. The molecule has 0 saturated carbocycles. The number of anilines is 3. The van der Waals surface area contributed by atoms with Crippen molar-refractivity contribution in [3.05, 3.63) is 59.7 Å². The zero-order chi connectivity index (χ0) is 24.3. The summed E-state index contributed by atoms with van der Waals surface area (Å²) in [7, 11) is 0. The van der Waals surface area contributed by atoms with Crippen LogP contribution in [0.5, 0.6) is 5.75 Å². The van der Waals surface area contributed by atoms with E-state index in [0.717, 1.165) is 12.1 Å². The predicted octanol–water partition coefficient (Wildman–Crippen LogP) is 5.86. The molecule has 6 nitrogen and oxygen atoms in total. The van der Waals surface area contributed by atoms with Gasteiger partial charge in [0.1, 0.15) is 11.4 Å². The second kappa shape index (κ2) is 9.38. The first-order valence-corrected chi connectivity index (χ1v) is 9.29. The van der Waals surface area contributed by atoms with Crippen LogP contribution in [-0.4, -0.2) is 22.4 Å². The highest BCUT2D eigenvalue weighted by Crippen LogP contribution is 2.29. The molecule has 1 aromatic heterocycles. The lowest BCUT2D eigenvalue weighted by molar-refractivity contribution is -0.274. The molecule has 3 N–H and O–H groups in total. The van der Waals surface area contributed by atoms with E-state index in [1.54, 1.807) is 13.8 Å². The number of rotatable bonds is 7. The molecule has 0 unspecified atom stereocenters. The summed E-state index contributed by atoms with van der Waals surface area (Å²) in [4.78, 5) is 8.27. The monoisotopic (exact) mass is 475 g/mol. The highest BCUT2D eigenvalue weighted by Gasteiger charge is 2.31. The van der Waals surface area contributed by atoms with Gasteiger partial charge in [0.25, 0.3) is 0 Å². The second-order valence-electron chi connectivity index (χ2n) is 6.93. The summed E-state index contributed by atoms with van der Waals surface area (Å²) < 4.78 is 96.1. The van der Waals surface area contributed by atoms with E-state index in [0.29, 0.717) is 0 Å². The smallest absolute Gasteiger partial charge is 0.406 e. The van der Waals surface area contributed by atoms with Crippen LogP contribution in [0, 0.1) is 23.3 Å². The number of nitrogens with zero attached hydrogens (tertiary/aromatic N) is 2. The van der Waals surface area contributed by atoms with Gasteiger partial charge in [-0.25, -0.2) is 22.5 Å². The fourth-order valence-corrected chi connectivity index (χ4v) is 2.64. The van der Waals surface area contributed by atoms with Crippen molar-refractivity contribution < 1.29 is 35.5 Å². The van der Waals surface area contributed by atoms with Crippen molar-refractivity contribution >= 4 is 17.5 Å². The van der Waals surface area contributed by atoms with E-state index in [-0.39, 0.29) is 35.1 Å². The van der Waals surface area contributed by atoms with E-state index < -0.39 is 41.1 Å². The molecule has 0 aliphatic heterocycles. The van der Waals surface area contributed by atoms with Gasteiger partial charge in [-0.15, -0.1) is 13.2 Å². The molecule has 0 radical (unpaired) electrons. The summed E-state index contributed by atoms with van der Waals surface area (Å²) in [5.41, 5.74) is 3.49. The quantitative estimate of drug-likeness (QED) is 0.226. The molecule has 0 saturated heterocycles. The summed E-state index contributed by atoms with van der Waals surface area (Å²) in [5.74, 6) is -7.19. The van der Waals surface area contributed by atoms with Gasteiger partial charge in [0.05, 0.1) is 5.69 Å². The third-order valence-corrected chi connectivity index (χ3v) is 3.93. The Bertz CT molecular complexity index is 1130. The molecular formula is C20H16F7N5O. The van der Waals surface area contributed by atoms with Crippen LogP contribution in [-0.2, 0) is 0 Å². The zero-order valence-electron chi connectivity index (χ0n) is 17.0. The molecule has 3 aromatic rings. The van der Waals surface area contributed by atoms with Gasteiger partial charge in [-0.2, -0.15) is 4.98 Å². The number of halogens is 7. The van der Waals surface area contributed by atoms with Crippen LogP contribution in [0.15, 0.2) is 36.4 Å². The number of alkyl halides is 3. The molecule has 176 valence electrons. The lowest BCUT2D eigenvalue weighted by Gasteiger charge is -2.15. The minimum Gasteiger partial charge on any atom is -0.406 e. The maximum absolute atomic E-state index is 13.9. The van der Waals surface area contributed by atoms with E-state index in [9.17, 15) is 30.7 Å². The number of ether oxygens (including phenoxy) is 1. The van der Waals surface area contributed by atoms with Crippen molar-refractivity contribution in [2.75, 3.05) is 16.2 Å². The van der Waals surface area contributed by atoms with Crippen LogP contribution in [0.25, 0.3) is 11.3 Å². The first-order valence-electron chi connectivity index (χ1n) is 9.29. The van der Waals surface area contributed by atoms with Crippen molar-refractivity contribution in [2.45, 2.75) is 26.3 Å². The maximum Gasteiger partial charge on any atom is 0.573 e. The lowest BCUT2D eigenvalue weighted by atomic mass is 10.1. The van der Waals surface area contributed by atoms with Gasteiger partial charge in [-0.1, -0.05) is 12.1 Å². The van der Waals surface area contributed by atoms with Crippen LogP contribution in [0.1, 0.15) is 13.8 Å². The number of hydrogen-bond acceptors (Lipinski definition) is 6. The van der Waals surface area contributed by atoms with E-state index in [1.165, 1.54) is 18.2 Å². The average molecular weight is 475 g/mol. The van der Waals surface area contributed by atoms with E-state index >= 15 is 0 Å². The van der Waals surface area contributed by atoms with E-state index in [2.05, 4.69) is 25.4 Å². The fourth-order valence-electron chi connectivity index (χ4n) is 2.64. The topological polar surface area (TPSA) is 71.1 Å². The van der Waals surface area contributed by atoms with Gasteiger partial charge in [-0.05, 0) is 26.0 Å². The minimum absolute atomic E-state index is 0.0142. The largest absolute Gasteiger partial charge is 0.573 e. The van der Waals surface area contributed by atoms with E-state index in [4.69, 9.17) is 0 Å². The maximum atomic E-state index is 13.9. The molecule has 0 spiro atoms. The van der Waals surface area contributed by atoms with Crippen LogP contribution in [0.3, 0.4) is 0 Å². The average Bonchev–Trinajstić information content (AvgIpc) is 2.70. The van der Waals surface area contributed by atoms with Crippen molar-refractivity contribution in [1.29, 1.82) is 0 Å². The molecule has 3 rings (SSSR count). The fraction of sp³-hybridized carbons (Fsp3) is 0.200. The van der Waals surface area contributed by atoms with Crippen LogP contribution < -0.4 is 20.9 Å². The van der Waals surface area contributed by atoms with Crippen LogP contribution in [0.4, 0.5) is 48.2 Å². The predicted molar refractivity (Wildman–Crippen MR) is 106 cm³/mol. The van der Waals surface area contributed by atoms with Gasteiger partial charge < -0.3 is 10.1 Å². The Balaban J connectivity index is 1.96. The Morgan fingerprint density at radius 2 is 1.55 bits per heavy atom. The summed E-state index contributed by atoms with van der Waals surface area (Å²) in [6, 6.07) is 6.05. The molecule has 0 fully saturated rings. The van der Waals surface area contributed by atoms with Gasteiger partial charge in [0.2, 0.25) is 5.95 Å². The van der Waals surface area contributed by atoms with Gasteiger partial charge in [-0.3, -0.25) is 10.9 Å².